The molecule has 0 aliphatic heterocycles. The van der Waals surface area contributed by atoms with Crippen molar-refractivity contribution in [1.29, 1.82) is 0 Å². The highest BCUT2D eigenvalue weighted by Gasteiger charge is 2.26. The Morgan fingerprint density at radius 1 is 0.467 bits per heavy atom. The SMILES string of the molecule is CCCCCCCOc1ccc(-c2nc(-c3ccc(C[C@H](CC(=O)c4ccc(C(C)(C)C)cc4)C(=O)NCC(=O)O)cc3)no2)cc1.CCCCCCCOc1ccc(-c2nc(-c3ccc(C[C@H](CC(=O)c4ccc(C(C)(C)C)cc4)C(=O)O)cc3)no2)cc1. The van der Waals surface area contributed by atoms with Crippen molar-refractivity contribution in [3.8, 4) is 57.2 Å². The Hall–Kier alpha value is -9.05. The second-order valence-electron chi connectivity index (χ2n) is 25.0. The summed E-state index contributed by atoms with van der Waals surface area (Å²) < 4.78 is 22.7. The monoisotopic (exact) mass is 1220 g/mol. The van der Waals surface area contributed by atoms with E-state index < -0.39 is 36.2 Å². The zero-order valence-corrected chi connectivity index (χ0v) is 53.4. The van der Waals surface area contributed by atoms with Gasteiger partial charge in [0.15, 0.2) is 11.6 Å². The Bertz CT molecular complexity index is 3540. The molecule has 16 nitrogen and oxygen atoms in total. The second-order valence-corrected chi connectivity index (χ2v) is 25.0. The molecule has 6 aromatic carbocycles. The molecule has 2 heterocycles. The van der Waals surface area contributed by atoms with E-state index in [0.717, 1.165) is 68.8 Å². The van der Waals surface area contributed by atoms with Crippen molar-refractivity contribution in [2.24, 2.45) is 11.8 Å². The molecule has 1 amide bonds. The van der Waals surface area contributed by atoms with Gasteiger partial charge in [-0.25, -0.2) is 0 Å². The van der Waals surface area contributed by atoms with E-state index in [2.05, 4.69) is 81.0 Å². The maximum Gasteiger partial charge on any atom is 0.322 e. The molecule has 0 unspecified atom stereocenters. The smallest absolute Gasteiger partial charge is 0.322 e. The number of nitrogens with one attached hydrogen (secondary N) is 1. The summed E-state index contributed by atoms with van der Waals surface area (Å²) in [6, 6.07) is 44.8. The minimum Gasteiger partial charge on any atom is -0.494 e. The number of carboxylic acids is 2. The fourth-order valence-corrected chi connectivity index (χ4v) is 10.1. The molecule has 8 rings (SSSR count). The summed E-state index contributed by atoms with van der Waals surface area (Å²) in [7, 11) is 0. The molecule has 0 saturated heterocycles. The number of carbonyl (C=O) groups excluding carboxylic acids is 3. The van der Waals surface area contributed by atoms with Crippen LogP contribution in [0.2, 0.25) is 0 Å². The number of nitrogens with zero attached hydrogens (tertiary/aromatic N) is 4. The van der Waals surface area contributed by atoms with E-state index in [0.29, 0.717) is 47.8 Å². The fourth-order valence-electron chi connectivity index (χ4n) is 10.1. The van der Waals surface area contributed by atoms with E-state index in [1.54, 1.807) is 24.3 Å². The highest BCUT2D eigenvalue weighted by atomic mass is 16.5. The number of carbonyl (C=O) groups is 5. The molecule has 3 N–H and O–H groups in total. The molecule has 8 aromatic rings. The molecular weight excluding hydrogens is 1130 g/mol. The van der Waals surface area contributed by atoms with Gasteiger partial charge in [0, 0.05) is 52.1 Å². The quantitative estimate of drug-likeness (QED) is 0.0263. The fraction of sp³-hybridized carbons (Fsp3) is 0.392. The molecular formula is C74H87N5O11. The lowest BCUT2D eigenvalue weighted by atomic mass is 9.85. The Kier molecular flexibility index (Phi) is 25.5. The summed E-state index contributed by atoms with van der Waals surface area (Å²) in [6.07, 6.45) is 12.3. The Morgan fingerprint density at radius 3 is 1.20 bits per heavy atom. The molecule has 0 aliphatic carbocycles. The summed E-state index contributed by atoms with van der Waals surface area (Å²) in [5.74, 6) is -1.29. The van der Waals surface area contributed by atoms with E-state index >= 15 is 0 Å². The largest absolute Gasteiger partial charge is 0.494 e. The van der Waals surface area contributed by atoms with Crippen molar-refractivity contribution in [1.82, 2.24) is 25.6 Å². The number of Topliss-reactive ketones (excluding diaryl/α,β-unsaturated/α-hetero) is 2. The van der Waals surface area contributed by atoms with E-state index in [1.807, 2.05) is 121 Å². The average molecular weight is 1220 g/mol. The number of aromatic nitrogens is 4. The maximum absolute atomic E-state index is 13.2. The van der Waals surface area contributed by atoms with Crippen LogP contribution in [0.5, 0.6) is 11.5 Å². The number of hydrogen-bond donors (Lipinski definition) is 3. The van der Waals surface area contributed by atoms with Gasteiger partial charge in [-0.3, -0.25) is 24.0 Å². The summed E-state index contributed by atoms with van der Waals surface area (Å²) in [6.45, 7) is 17.9. The number of ether oxygens (including phenoxy) is 2. The molecule has 16 heteroatoms. The number of hydrogen-bond acceptors (Lipinski definition) is 13. The Morgan fingerprint density at radius 2 is 0.833 bits per heavy atom. The van der Waals surface area contributed by atoms with Crippen LogP contribution < -0.4 is 14.8 Å². The van der Waals surface area contributed by atoms with Crippen molar-refractivity contribution >= 4 is 29.4 Å². The van der Waals surface area contributed by atoms with Gasteiger partial charge in [-0.1, -0.05) is 214 Å². The van der Waals surface area contributed by atoms with Gasteiger partial charge in [-0.2, -0.15) is 9.97 Å². The van der Waals surface area contributed by atoms with Gasteiger partial charge in [-0.05, 0) is 107 Å². The topological polar surface area (TPSA) is 234 Å². The number of amides is 1. The molecule has 0 radical (unpaired) electrons. The number of rotatable bonds is 32. The molecule has 0 bridgehead atoms. The second kappa shape index (κ2) is 33.5. The average Bonchev–Trinajstić information content (AvgIpc) is 4.20. The summed E-state index contributed by atoms with van der Waals surface area (Å²) >= 11 is 0. The van der Waals surface area contributed by atoms with Crippen molar-refractivity contribution in [3.05, 3.63) is 179 Å². The number of aliphatic carboxylic acids is 2. The van der Waals surface area contributed by atoms with Gasteiger partial charge >= 0.3 is 11.9 Å². The standard InChI is InChI=1S/C38H45N3O6.C36H42N2O5/c1-5-6-7-8-9-22-46-32-20-16-29(17-21-32)37-40-35(41-47-37)28-12-10-26(11-13-28)23-30(36(45)39-25-34(43)44)24-33(42)27-14-18-31(19-15-27)38(2,3)4;1-5-6-7-8-9-22-42-31-20-16-28(17-21-31)34-37-33(38-43-34)27-12-10-25(11-13-27)23-29(35(40)41)24-32(39)26-14-18-30(19-15-26)36(2,3)4/h10-21,30H,5-9,22-25H2,1-4H3,(H,39,45)(H,43,44);10-21,29H,5-9,22-24H2,1-4H3,(H,40,41)/t30-;29-/m11/s1. The Labute approximate surface area is 529 Å². The van der Waals surface area contributed by atoms with Gasteiger partial charge in [0.05, 0.1) is 19.1 Å². The molecule has 90 heavy (non-hydrogen) atoms. The lowest BCUT2D eigenvalue weighted by Crippen LogP contribution is -2.36. The van der Waals surface area contributed by atoms with Crippen LogP contribution in [0.3, 0.4) is 0 Å². The van der Waals surface area contributed by atoms with Crippen LogP contribution in [0, 0.1) is 11.8 Å². The maximum atomic E-state index is 13.2. The van der Waals surface area contributed by atoms with Crippen molar-refractivity contribution < 1.29 is 52.7 Å². The van der Waals surface area contributed by atoms with Gasteiger partial charge in [0.25, 0.3) is 11.8 Å². The lowest BCUT2D eigenvalue weighted by Gasteiger charge is -2.19. The van der Waals surface area contributed by atoms with Crippen molar-refractivity contribution in [3.63, 3.8) is 0 Å². The number of unbranched alkanes of at least 4 members (excludes halogenated alkanes) is 8. The molecule has 0 fully saturated rings. The first-order chi connectivity index (χ1) is 43.2. The molecule has 0 saturated carbocycles. The van der Waals surface area contributed by atoms with Crippen LogP contribution in [0.4, 0.5) is 0 Å². The predicted octanol–water partition coefficient (Wildman–Crippen LogP) is 16.2. The minimum absolute atomic E-state index is 0.0197. The van der Waals surface area contributed by atoms with Crippen LogP contribution >= 0.6 is 0 Å². The van der Waals surface area contributed by atoms with Crippen LogP contribution in [0.15, 0.2) is 155 Å². The van der Waals surface area contributed by atoms with Crippen LogP contribution in [0.1, 0.15) is 175 Å². The highest BCUT2D eigenvalue weighted by Crippen LogP contribution is 2.30. The number of carboxylic acid groups (broad SMARTS) is 2. The van der Waals surface area contributed by atoms with Crippen molar-refractivity contribution in [2.75, 3.05) is 19.8 Å². The predicted molar refractivity (Wildman–Crippen MR) is 350 cm³/mol. The van der Waals surface area contributed by atoms with Crippen LogP contribution in [-0.4, -0.2) is 79.7 Å². The highest BCUT2D eigenvalue weighted by molar-refractivity contribution is 5.99. The zero-order chi connectivity index (χ0) is 64.6. The van der Waals surface area contributed by atoms with Gasteiger partial charge in [0.1, 0.15) is 18.0 Å². The summed E-state index contributed by atoms with van der Waals surface area (Å²) in [5, 5.41) is 29.6. The van der Waals surface area contributed by atoms with Crippen LogP contribution in [0.25, 0.3) is 45.7 Å². The summed E-state index contributed by atoms with van der Waals surface area (Å²) in [5.41, 5.74) is 7.89. The summed E-state index contributed by atoms with van der Waals surface area (Å²) in [4.78, 5) is 71.2. The molecule has 2 atom stereocenters. The first-order valence-electron chi connectivity index (χ1n) is 31.5. The molecule has 0 aliphatic rings. The van der Waals surface area contributed by atoms with E-state index in [1.165, 1.54) is 51.4 Å². The van der Waals surface area contributed by atoms with E-state index in [-0.39, 0.29) is 48.1 Å². The van der Waals surface area contributed by atoms with Gasteiger partial charge in [-0.15, -0.1) is 0 Å². The third kappa shape index (κ3) is 21.3. The number of ketones is 2. The van der Waals surface area contributed by atoms with Crippen molar-refractivity contribution in [2.45, 2.75) is 156 Å². The third-order valence-corrected chi connectivity index (χ3v) is 15.6. The third-order valence-electron chi connectivity index (χ3n) is 15.6. The van der Waals surface area contributed by atoms with E-state index in [4.69, 9.17) is 23.6 Å². The molecule has 474 valence electrons. The minimum atomic E-state index is -1.15. The first kappa shape index (κ1) is 68.4. The molecule has 0 spiro atoms. The molecule has 2 aromatic heterocycles. The zero-order valence-electron chi connectivity index (χ0n) is 53.4. The van der Waals surface area contributed by atoms with Gasteiger partial charge < -0.3 is 34.0 Å². The first-order valence-corrected chi connectivity index (χ1v) is 31.5. The van der Waals surface area contributed by atoms with E-state index in [9.17, 15) is 29.1 Å². The van der Waals surface area contributed by atoms with Gasteiger partial charge in [0.2, 0.25) is 17.6 Å². The van der Waals surface area contributed by atoms with Crippen LogP contribution in [-0.2, 0) is 38.1 Å². The Balaban J connectivity index is 0.000000257. The normalized spacial score (nSPS) is 12.1. The number of benzene rings is 6. The lowest BCUT2D eigenvalue weighted by molar-refractivity contribution is -0.141.